The third-order valence-electron chi connectivity index (χ3n) is 2.98. The standard InChI is InChI=1S/C14H16N2O4S/c17-12-6-7-13(18)16(12)10(14(19)20)4-3-9-21-11-5-1-2-8-15-11/h1-2,5-8,10,17-18H,3-4,9H2,(H,19,20). The number of aromatic hydroxyl groups is 2. The van der Waals surface area contributed by atoms with Crippen LogP contribution in [0.15, 0.2) is 41.6 Å². The first-order valence-electron chi connectivity index (χ1n) is 6.45. The molecular formula is C14H16N2O4S. The maximum Gasteiger partial charge on any atom is 0.326 e. The fraction of sp³-hybridized carbons (Fsp3) is 0.286. The van der Waals surface area contributed by atoms with Crippen molar-refractivity contribution >= 4 is 17.7 Å². The lowest BCUT2D eigenvalue weighted by Crippen LogP contribution is -2.18. The fourth-order valence-corrected chi connectivity index (χ4v) is 2.83. The number of carboxylic acid groups (broad SMARTS) is 1. The minimum absolute atomic E-state index is 0.253. The summed E-state index contributed by atoms with van der Waals surface area (Å²) in [4.78, 5) is 15.5. The average molecular weight is 308 g/mol. The summed E-state index contributed by atoms with van der Waals surface area (Å²) in [5.41, 5.74) is 0. The van der Waals surface area contributed by atoms with Gasteiger partial charge in [0.2, 0.25) is 0 Å². The van der Waals surface area contributed by atoms with Crippen molar-refractivity contribution in [1.29, 1.82) is 0 Å². The molecule has 0 fully saturated rings. The first-order chi connectivity index (χ1) is 10.1. The van der Waals surface area contributed by atoms with Gasteiger partial charge in [-0.2, -0.15) is 0 Å². The Hall–Kier alpha value is -2.15. The molecule has 21 heavy (non-hydrogen) atoms. The largest absolute Gasteiger partial charge is 0.494 e. The van der Waals surface area contributed by atoms with E-state index >= 15 is 0 Å². The van der Waals surface area contributed by atoms with Crippen LogP contribution in [0.5, 0.6) is 11.8 Å². The number of carboxylic acids is 1. The van der Waals surface area contributed by atoms with Gasteiger partial charge in [0.15, 0.2) is 11.8 Å². The summed E-state index contributed by atoms with van der Waals surface area (Å²) in [7, 11) is 0. The summed E-state index contributed by atoms with van der Waals surface area (Å²) in [5, 5.41) is 29.4. The Kier molecular flexibility index (Phi) is 5.10. The lowest BCUT2D eigenvalue weighted by molar-refractivity contribution is -0.141. The monoisotopic (exact) mass is 308 g/mol. The highest BCUT2D eigenvalue weighted by Crippen LogP contribution is 2.30. The molecule has 7 heteroatoms. The van der Waals surface area contributed by atoms with Crippen LogP contribution in [0.2, 0.25) is 0 Å². The molecule has 0 amide bonds. The van der Waals surface area contributed by atoms with Gasteiger partial charge in [0.25, 0.3) is 0 Å². The molecule has 2 aromatic heterocycles. The van der Waals surface area contributed by atoms with Crippen molar-refractivity contribution in [3.05, 3.63) is 36.5 Å². The number of pyridine rings is 1. The van der Waals surface area contributed by atoms with E-state index in [4.69, 9.17) is 0 Å². The summed E-state index contributed by atoms with van der Waals surface area (Å²) in [6.45, 7) is 0. The molecule has 112 valence electrons. The second-order valence-corrected chi connectivity index (χ2v) is 5.55. The fourth-order valence-electron chi connectivity index (χ4n) is 2.00. The zero-order valence-electron chi connectivity index (χ0n) is 11.2. The van der Waals surface area contributed by atoms with Crippen molar-refractivity contribution in [2.45, 2.75) is 23.9 Å². The number of rotatable bonds is 7. The van der Waals surface area contributed by atoms with Gasteiger partial charge in [-0.3, -0.25) is 4.57 Å². The van der Waals surface area contributed by atoms with Crippen molar-refractivity contribution in [2.75, 3.05) is 5.75 Å². The summed E-state index contributed by atoms with van der Waals surface area (Å²) in [6, 6.07) is 7.18. The smallest absolute Gasteiger partial charge is 0.326 e. The van der Waals surface area contributed by atoms with Crippen molar-refractivity contribution in [3.63, 3.8) is 0 Å². The van der Waals surface area contributed by atoms with Gasteiger partial charge in [0.05, 0.1) is 5.03 Å². The Labute approximate surface area is 126 Å². The van der Waals surface area contributed by atoms with E-state index in [-0.39, 0.29) is 11.8 Å². The van der Waals surface area contributed by atoms with Crippen molar-refractivity contribution < 1.29 is 20.1 Å². The molecule has 0 aliphatic carbocycles. The number of aromatic nitrogens is 2. The highest BCUT2D eigenvalue weighted by Gasteiger charge is 2.24. The summed E-state index contributed by atoms with van der Waals surface area (Å²) in [5.74, 6) is -0.877. The molecule has 0 saturated carbocycles. The lowest BCUT2D eigenvalue weighted by Gasteiger charge is -2.16. The predicted octanol–water partition coefficient (Wildman–Crippen LogP) is 2.49. The molecule has 0 aromatic carbocycles. The third-order valence-corrected chi connectivity index (χ3v) is 4.01. The third kappa shape index (κ3) is 3.91. The van der Waals surface area contributed by atoms with E-state index in [1.165, 1.54) is 12.1 Å². The van der Waals surface area contributed by atoms with Crippen LogP contribution in [0, 0.1) is 0 Å². The van der Waals surface area contributed by atoms with Crippen LogP contribution in [0.1, 0.15) is 18.9 Å². The molecule has 0 bridgehead atoms. The van der Waals surface area contributed by atoms with Crippen LogP contribution in [0.3, 0.4) is 0 Å². The van der Waals surface area contributed by atoms with E-state index in [1.54, 1.807) is 18.0 Å². The van der Waals surface area contributed by atoms with E-state index in [1.807, 2.05) is 18.2 Å². The van der Waals surface area contributed by atoms with Gasteiger partial charge in [-0.25, -0.2) is 9.78 Å². The normalized spacial score (nSPS) is 12.2. The number of nitrogens with zero attached hydrogens (tertiary/aromatic N) is 2. The Morgan fingerprint density at radius 1 is 1.24 bits per heavy atom. The molecule has 0 saturated heterocycles. The van der Waals surface area contributed by atoms with E-state index in [0.717, 1.165) is 9.59 Å². The highest BCUT2D eigenvalue weighted by atomic mass is 32.2. The van der Waals surface area contributed by atoms with Gasteiger partial charge in [-0.05, 0) is 30.7 Å². The Bertz CT molecular complexity index is 581. The second-order valence-electron chi connectivity index (χ2n) is 4.43. The number of hydrogen-bond donors (Lipinski definition) is 3. The van der Waals surface area contributed by atoms with Crippen molar-refractivity contribution in [1.82, 2.24) is 9.55 Å². The molecular weight excluding hydrogens is 292 g/mol. The zero-order valence-corrected chi connectivity index (χ0v) is 12.0. The molecule has 0 aliphatic heterocycles. The maximum atomic E-state index is 11.3. The van der Waals surface area contributed by atoms with Crippen LogP contribution >= 0.6 is 11.8 Å². The molecule has 2 rings (SSSR count). The maximum absolute atomic E-state index is 11.3. The molecule has 6 nitrogen and oxygen atoms in total. The molecule has 1 atom stereocenters. The number of aliphatic carboxylic acids is 1. The van der Waals surface area contributed by atoms with E-state index in [9.17, 15) is 20.1 Å². The molecule has 2 heterocycles. The first-order valence-corrected chi connectivity index (χ1v) is 7.44. The van der Waals surface area contributed by atoms with Crippen LogP contribution < -0.4 is 0 Å². The zero-order chi connectivity index (χ0) is 15.2. The van der Waals surface area contributed by atoms with Gasteiger partial charge >= 0.3 is 5.97 Å². The van der Waals surface area contributed by atoms with Crippen LogP contribution in [0.4, 0.5) is 0 Å². The number of hydrogen-bond acceptors (Lipinski definition) is 5. The molecule has 3 N–H and O–H groups in total. The van der Waals surface area contributed by atoms with Gasteiger partial charge < -0.3 is 15.3 Å². The Morgan fingerprint density at radius 2 is 1.95 bits per heavy atom. The molecule has 0 aliphatic rings. The first kappa shape index (κ1) is 15.2. The van der Waals surface area contributed by atoms with Gasteiger partial charge in [-0.15, -0.1) is 11.8 Å². The number of thioether (sulfide) groups is 1. The van der Waals surface area contributed by atoms with E-state index in [0.29, 0.717) is 18.6 Å². The Morgan fingerprint density at radius 3 is 2.52 bits per heavy atom. The van der Waals surface area contributed by atoms with E-state index < -0.39 is 12.0 Å². The SMILES string of the molecule is O=C(O)C(CCCSc1ccccn1)n1c(O)ccc1O. The molecule has 0 spiro atoms. The van der Waals surface area contributed by atoms with Crippen LogP contribution in [-0.2, 0) is 4.79 Å². The summed E-state index contributed by atoms with van der Waals surface area (Å²) >= 11 is 1.54. The van der Waals surface area contributed by atoms with Gasteiger partial charge in [0.1, 0.15) is 6.04 Å². The van der Waals surface area contributed by atoms with E-state index in [2.05, 4.69) is 4.98 Å². The van der Waals surface area contributed by atoms with Gasteiger partial charge in [0, 0.05) is 18.3 Å². The molecule has 0 radical (unpaired) electrons. The van der Waals surface area contributed by atoms with Crippen LogP contribution in [0.25, 0.3) is 0 Å². The average Bonchev–Trinajstić information content (AvgIpc) is 2.79. The van der Waals surface area contributed by atoms with Gasteiger partial charge in [-0.1, -0.05) is 6.07 Å². The Balaban J connectivity index is 1.91. The molecule has 1 unspecified atom stereocenters. The topological polar surface area (TPSA) is 95.6 Å². The molecule has 2 aromatic rings. The minimum atomic E-state index is -1.08. The second kappa shape index (κ2) is 7.03. The summed E-state index contributed by atoms with van der Waals surface area (Å²) < 4.78 is 1.02. The van der Waals surface area contributed by atoms with Crippen molar-refractivity contribution in [2.24, 2.45) is 0 Å². The lowest BCUT2D eigenvalue weighted by atomic mass is 10.1. The number of carbonyl (C=O) groups is 1. The minimum Gasteiger partial charge on any atom is -0.494 e. The van der Waals surface area contributed by atoms with Crippen LogP contribution in [-0.4, -0.2) is 36.6 Å². The quantitative estimate of drug-likeness (QED) is 0.537. The highest BCUT2D eigenvalue weighted by molar-refractivity contribution is 7.99. The van der Waals surface area contributed by atoms with Crippen molar-refractivity contribution in [3.8, 4) is 11.8 Å². The predicted molar refractivity (Wildman–Crippen MR) is 78.6 cm³/mol. The summed E-state index contributed by atoms with van der Waals surface area (Å²) in [6.07, 6.45) is 2.64.